The minimum Gasteiger partial charge on any atom is -1.00 e. The molecule has 72 valence electrons. The summed E-state index contributed by atoms with van der Waals surface area (Å²) >= 11 is 0. The van der Waals surface area contributed by atoms with Gasteiger partial charge in [0.25, 0.3) is 0 Å². The van der Waals surface area contributed by atoms with Gasteiger partial charge in [-0.1, -0.05) is 30.3 Å². The number of carbonyl (C=O) groups is 1. The van der Waals surface area contributed by atoms with Gasteiger partial charge in [0.05, 0.1) is 0 Å². The van der Waals surface area contributed by atoms with Crippen molar-refractivity contribution in [1.29, 1.82) is 0 Å². The molecule has 0 radical (unpaired) electrons. The maximum Gasteiger partial charge on any atom is 1.00 e. The minimum atomic E-state index is -0.959. The zero-order valence-electron chi connectivity index (χ0n) is 7.98. The third-order valence-corrected chi connectivity index (χ3v) is 1.62. The molecule has 1 aromatic carbocycles. The fraction of sp³-hybridized carbons (Fsp3) is 0.222. The molecule has 0 bridgehead atoms. The van der Waals surface area contributed by atoms with Crippen molar-refractivity contribution in [3.63, 3.8) is 0 Å². The third-order valence-electron chi connectivity index (χ3n) is 1.62. The van der Waals surface area contributed by atoms with Crippen molar-refractivity contribution in [1.82, 2.24) is 0 Å². The van der Waals surface area contributed by atoms with Gasteiger partial charge in [-0.25, -0.2) is 0 Å². The molecule has 0 aliphatic carbocycles. The Kier molecular flexibility index (Phi) is 9.02. The summed E-state index contributed by atoms with van der Waals surface area (Å²) in [6, 6.07) is 8.54. The van der Waals surface area contributed by atoms with Gasteiger partial charge in [-0.2, -0.15) is 0 Å². The zero-order chi connectivity index (χ0) is 8.97. The van der Waals surface area contributed by atoms with Crippen LogP contribution in [-0.4, -0.2) is 17.1 Å². The summed E-state index contributed by atoms with van der Waals surface area (Å²) in [6.07, 6.45) is 0.385. The quantitative estimate of drug-likeness (QED) is 0.487. The van der Waals surface area contributed by atoms with Gasteiger partial charge >= 0.3 is 24.8 Å². The van der Waals surface area contributed by atoms with E-state index in [1.165, 1.54) is 0 Å². The Hall–Kier alpha value is -0.463. The first-order valence-corrected chi connectivity index (χ1v) is 3.72. The minimum absolute atomic E-state index is 0. The number of hydrogen-bond donors (Lipinski definition) is 2. The van der Waals surface area contributed by atoms with Gasteiger partial charge in [0, 0.05) is 0 Å². The molecule has 1 aromatic rings. The van der Waals surface area contributed by atoms with Crippen LogP contribution in [0.1, 0.15) is 5.56 Å². The predicted molar refractivity (Wildman–Crippen MR) is 45.8 cm³/mol. The summed E-state index contributed by atoms with van der Waals surface area (Å²) in [6.45, 7) is 0. The van der Waals surface area contributed by atoms with Crippen LogP contribution in [0.15, 0.2) is 30.3 Å². The second kappa shape index (κ2) is 7.90. The second-order valence-electron chi connectivity index (χ2n) is 2.63. The van der Waals surface area contributed by atoms with Crippen LogP contribution in [0.3, 0.4) is 0 Å². The second-order valence-corrected chi connectivity index (χ2v) is 2.63. The Bertz CT molecular complexity index is 269. The van der Waals surface area contributed by atoms with Crippen molar-refractivity contribution >= 4 is 5.97 Å². The molecule has 0 aliphatic heterocycles. The molecule has 14 heavy (non-hydrogen) atoms. The monoisotopic (exact) mass is 207 g/mol. The summed E-state index contributed by atoms with van der Waals surface area (Å²) in [7, 11) is 0. The van der Waals surface area contributed by atoms with E-state index in [0.29, 0.717) is 6.42 Å². The third kappa shape index (κ3) is 5.31. The van der Waals surface area contributed by atoms with Crippen LogP contribution in [0.5, 0.6) is 0 Å². The first-order chi connectivity index (χ1) is 5.70. The van der Waals surface area contributed by atoms with E-state index in [1.807, 2.05) is 30.3 Å². The molecular weight excluding hydrogens is 196 g/mol. The molecule has 0 aliphatic rings. The van der Waals surface area contributed by atoms with Crippen molar-refractivity contribution in [3.8, 4) is 0 Å². The molecule has 0 heterocycles. The van der Waals surface area contributed by atoms with Crippen molar-refractivity contribution in [2.75, 3.05) is 0 Å². The van der Waals surface area contributed by atoms with E-state index < -0.39 is 12.0 Å². The molecule has 5 heteroatoms. The first-order valence-electron chi connectivity index (χ1n) is 3.72. The number of halogens is 1. The molecule has 0 unspecified atom stereocenters. The standard InChI is InChI=1S/C9H11NO2.ClH.Li/c10-8(9(11)12)6-7-4-2-1-3-5-7;;/h1-5,8H,6,10H2,(H,11,12);1H;/q;;+1/p-1/t8-;;/m0../s1. The largest absolute Gasteiger partial charge is 1.00 e. The molecule has 0 fully saturated rings. The number of carboxylic acid groups (broad SMARTS) is 1. The van der Waals surface area contributed by atoms with E-state index in [-0.39, 0.29) is 31.3 Å². The number of nitrogens with two attached hydrogens (primary N) is 1. The predicted octanol–water partition coefficient (Wildman–Crippen LogP) is -5.35. The van der Waals surface area contributed by atoms with E-state index in [2.05, 4.69) is 0 Å². The molecule has 0 spiro atoms. The molecule has 0 aromatic heterocycles. The maximum atomic E-state index is 10.4. The van der Waals surface area contributed by atoms with Gasteiger partial charge in [0.2, 0.25) is 0 Å². The maximum absolute atomic E-state index is 10.4. The average Bonchev–Trinajstić information content (AvgIpc) is 2.06. The molecule has 0 saturated carbocycles. The summed E-state index contributed by atoms with van der Waals surface area (Å²) in [5.74, 6) is -0.959. The normalized spacial score (nSPS) is 10.6. The van der Waals surface area contributed by atoms with Crippen LogP contribution in [0, 0.1) is 0 Å². The van der Waals surface area contributed by atoms with E-state index in [0.717, 1.165) is 5.56 Å². The fourth-order valence-electron chi connectivity index (χ4n) is 0.955. The van der Waals surface area contributed by atoms with Gasteiger partial charge in [0.15, 0.2) is 0 Å². The fourth-order valence-corrected chi connectivity index (χ4v) is 0.955. The molecular formula is C9H11ClLiNO2. The van der Waals surface area contributed by atoms with Gasteiger partial charge in [-0.15, -0.1) is 0 Å². The summed E-state index contributed by atoms with van der Waals surface area (Å²) in [4.78, 5) is 10.4. The van der Waals surface area contributed by atoms with Crippen molar-refractivity contribution in [2.24, 2.45) is 5.73 Å². The van der Waals surface area contributed by atoms with E-state index in [1.54, 1.807) is 0 Å². The molecule has 0 amide bonds. The Morgan fingerprint density at radius 1 is 1.36 bits per heavy atom. The van der Waals surface area contributed by atoms with Gasteiger partial charge in [-0.05, 0) is 12.0 Å². The number of hydrogen-bond acceptors (Lipinski definition) is 2. The Morgan fingerprint density at radius 2 is 1.86 bits per heavy atom. The first kappa shape index (κ1) is 16.0. The number of aliphatic carboxylic acids is 1. The van der Waals surface area contributed by atoms with Crippen molar-refractivity contribution in [3.05, 3.63) is 35.9 Å². The van der Waals surface area contributed by atoms with Crippen LogP contribution in [0.2, 0.25) is 0 Å². The van der Waals surface area contributed by atoms with E-state index in [4.69, 9.17) is 10.8 Å². The van der Waals surface area contributed by atoms with Gasteiger partial charge < -0.3 is 23.2 Å². The average molecular weight is 208 g/mol. The number of rotatable bonds is 3. The Labute approximate surface area is 101 Å². The van der Waals surface area contributed by atoms with Crippen molar-refractivity contribution < 1.29 is 41.2 Å². The van der Waals surface area contributed by atoms with Gasteiger partial charge in [-0.3, -0.25) is 4.79 Å². The van der Waals surface area contributed by atoms with Crippen molar-refractivity contribution in [2.45, 2.75) is 12.5 Å². The van der Waals surface area contributed by atoms with Crippen LogP contribution in [-0.2, 0) is 11.2 Å². The Morgan fingerprint density at radius 3 is 2.29 bits per heavy atom. The molecule has 1 rings (SSSR count). The molecule has 3 nitrogen and oxygen atoms in total. The SMILES string of the molecule is N[C@@H](Cc1ccccc1)C(=O)O.[Cl-].[Li+]. The summed E-state index contributed by atoms with van der Waals surface area (Å²) < 4.78 is 0. The topological polar surface area (TPSA) is 63.3 Å². The zero-order valence-corrected chi connectivity index (χ0v) is 8.74. The Balaban J connectivity index is 0. The van der Waals surface area contributed by atoms with E-state index >= 15 is 0 Å². The van der Waals surface area contributed by atoms with E-state index in [9.17, 15) is 4.79 Å². The smallest absolute Gasteiger partial charge is 1.00 e. The van der Waals surface area contributed by atoms with Crippen LogP contribution in [0.25, 0.3) is 0 Å². The molecule has 0 saturated heterocycles. The van der Waals surface area contributed by atoms with Crippen LogP contribution >= 0.6 is 0 Å². The molecule has 1 atom stereocenters. The molecule has 3 N–H and O–H groups in total. The van der Waals surface area contributed by atoms with Crippen LogP contribution in [0.4, 0.5) is 0 Å². The summed E-state index contributed by atoms with van der Waals surface area (Å²) in [5, 5.41) is 8.52. The number of benzene rings is 1. The number of carboxylic acids is 1. The summed E-state index contributed by atoms with van der Waals surface area (Å²) in [5.41, 5.74) is 6.30. The van der Waals surface area contributed by atoms with Gasteiger partial charge in [0.1, 0.15) is 6.04 Å². The van der Waals surface area contributed by atoms with Crippen LogP contribution < -0.4 is 37.0 Å².